The molecule has 0 aromatic heterocycles. The normalized spacial score (nSPS) is 10.7. The summed E-state index contributed by atoms with van der Waals surface area (Å²) >= 11 is 3.34. The molecule has 0 aliphatic rings. The Bertz CT molecular complexity index is 596. The van der Waals surface area contributed by atoms with E-state index in [9.17, 15) is 8.78 Å². The minimum absolute atomic E-state index is 0.111. The largest absolute Gasteiger partial charge is 0.483 e. The first-order valence-electron chi connectivity index (χ1n) is 6.66. The lowest BCUT2D eigenvalue weighted by molar-refractivity contribution is 0.273. The van der Waals surface area contributed by atoms with E-state index in [0.29, 0.717) is 12.1 Å². The Morgan fingerprint density at radius 1 is 1.10 bits per heavy atom. The van der Waals surface area contributed by atoms with Gasteiger partial charge in [-0.2, -0.15) is 0 Å². The van der Waals surface area contributed by atoms with Crippen LogP contribution in [0.25, 0.3) is 0 Å². The molecule has 2 rings (SSSR count). The average Bonchev–Trinajstić information content (AvgIpc) is 2.44. The van der Waals surface area contributed by atoms with E-state index < -0.39 is 11.6 Å². The second kappa shape index (κ2) is 7.52. The van der Waals surface area contributed by atoms with Crippen LogP contribution in [0.5, 0.6) is 5.75 Å². The van der Waals surface area contributed by atoms with Crippen LogP contribution in [-0.4, -0.2) is 6.54 Å². The topological polar surface area (TPSA) is 21.3 Å². The van der Waals surface area contributed by atoms with Gasteiger partial charge in [0.15, 0.2) is 17.4 Å². The minimum Gasteiger partial charge on any atom is -0.483 e. The summed E-state index contributed by atoms with van der Waals surface area (Å²) in [5.41, 5.74) is 1.39. The van der Waals surface area contributed by atoms with Gasteiger partial charge in [-0.1, -0.05) is 35.0 Å². The Morgan fingerprint density at radius 2 is 1.81 bits per heavy atom. The highest BCUT2D eigenvalue weighted by atomic mass is 79.9. The number of nitrogens with one attached hydrogen (secondary N) is 1. The standard InChI is InChI=1S/C16H16BrF2NO/c1-2-20-9-12-7-14(18)16(15(19)8-12)21-10-11-4-3-5-13(17)6-11/h3-8,20H,2,9-10H2,1H3. The summed E-state index contributed by atoms with van der Waals surface area (Å²) in [6, 6.07) is 9.98. The molecule has 0 fully saturated rings. The fourth-order valence-electron chi connectivity index (χ4n) is 1.90. The molecule has 0 unspecified atom stereocenters. The molecule has 2 aromatic rings. The number of hydrogen-bond donors (Lipinski definition) is 1. The summed E-state index contributed by atoms with van der Waals surface area (Å²) < 4.78 is 34.0. The number of hydrogen-bond acceptors (Lipinski definition) is 2. The van der Waals surface area contributed by atoms with Crippen LogP contribution in [-0.2, 0) is 13.2 Å². The van der Waals surface area contributed by atoms with E-state index in [1.54, 1.807) is 0 Å². The highest BCUT2D eigenvalue weighted by Crippen LogP contribution is 2.24. The molecule has 1 N–H and O–H groups in total. The molecule has 0 heterocycles. The molecule has 0 saturated heterocycles. The van der Waals surface area contributed by atoms with Gasteiger partial charge in [-0.3, -0.25) is 0 Å². The number of ether oxygens (including phenoxy) is 1. The maximum atomic E-state index is 13.9. The van der Waals surface area contributed by atoms with Crippen LogP contribution in [0.1, 0.15) is 18.1 Å². The van der Waals surface area contributed by atoms with Crippen LogP contribution in [0.4, 0.5) is 8.78 Å². The smallest absolute Gasteiger partial charge is 0.191 e. The van der Waals surface area contributed by atoms with Crippen molar-refractivity contribution in [3.8, 4) is 5.75 Å². The highest BCUT2D eigenvalue weighted by Gasteiger charge is 2.13. The maximum absolute atomic E-state index is 13.9. The van der Waals surface area contributed by atoms with Gasteiger partial charge in [-0.15, -0.1) is 0 Å². The molecule has 112 valence electrons. The molecule has 0 saturated carbocycles. The van der Waals surface area contributed by atoms with Crippen molar-refractivity contribution in [2.24, 2.45) is 0 Å². The van der Waals surface area contributed by atoms with Crippen LogP contribution in [0.3, 0.4) is 0 Å². The molecule has 2 nitrogen and oxygen atoms in total. The number of rotatable bonds is 6. The van der Waals surface area contributed by atoms with E-state index in [0.717, 1.165) is 16.6 Å². The Kier molecular flexibility index (Phi) is 5.70. The lowest BCUT2D eigenvalue weighted by Crippen LogP contribution is -2.12. The van der Waals surface area contributed by atoms with Crippen molar-refractivity contribution in [3.05, 3.63) is 63.6 Å². The molecule has 0 aliphatic heterocycles. The van der Waals surface area contributed by atoms with E-state index >= 15 is 0 Å². The van der Waals surface area contributed by atoms with Gasteiger partial charge in [0.1, 0.15) is 6.61 Å². The summed E-state index contributed by atoms with van der Waals surface area (Å²) in [7, 11) is 0. The molecule has 0 bridgehead atoms. The first-order chi connectivity index (χ1) is 10.1. The van der Waals surface area contributed by atoms with Gasteiger partial charge in [0, 0.05) is 11.0 Å². The first-order valence-corrected chi connectivity index (χ1v) is 7.45. The van der Waals surface area contributed by atoms with Crippen LogP contribution >= 0.6 is 15.9 Å². The predicted octanol–water partition coefficient (Wildman–Crippen LogP) is 4.42. The zero-order valence-corrected chi connectivity index (χ0v) is 13.2. The van der Waals surface area contributed by atoms with Crippen LogP contribution < -0.4 is 10.1 Å². The van der Waals surface area contributed by atoms with Gasteiger partial charge in [-0.25, -0.2) is 8.78 Å². The summed E-state index contributed by atoms with van der Waals surface area (Å²) in [4.78, 5) is 0. The Labute approximate surface area is 131 Å². The molecule has 0 aliphatic carbocycles. The minimum atomic E-state index is -0.683. The van der Waals surface area contributed by atoms with Crippen LogP contribution in [0, 0.1) is 11.6 Å². The van der Waals surface area contributed by atoms with Crippen LogP contribution in [0.15, 0.2) is 40.9 Å². The van der Waals surface area contributed by atoms with Gasteiger partial charge < -0.3 is 10.1 Å². The molecular formula is C16H16BrF2NO. The van der Waals surface area contributed by atoms with Crippen molar-refractivity contribution in [3.63, 3.8) is 0 Å². The quantitative estimate of drug-likeness (QED) is 0.828. The third kappa shape index (κ3) is 4.51. The van der Waals surface area contributed by atoms with Crippen molar-refractivity contribution >= 4 is 15.9 Å². The zero-order chi connectivity index (χ0) is 15.2. The van der Waals surface area contributed by atoms with E-state index in [2.05, 4.69) is 21.2 Å². The van der Waals surface area contributed by atoms with Gasteiger partial charge >= 0.3 is 0 Å². The molecule has 0 amide bonds. The third-order valence-corrected chi connectivity index (χ3v) is 3.40. The van der Waals surface area contributed by atoms with Crippen LogP contribution in [0.2, 0.25) is 0 Å². The predicted molar refractivity (Wildman–Crippen MR) is 82.2 cm³/mol. The molecule has 0 atom stereocenters. The number of benzene rings is 2. The Hall–Kier alpha value is -1.46. The van der Waals surface area contributed by atoms with Crippen molar-refractivity contribution in [1.82, 2.24) is 5.32 Å². The van der Waals surface area contributed by atoms with Crippen molar-refractivity contribution < 1.29 is 13.5 Å². The fourth-order valence-corrected chi connectivity index (χ4v) is 2.35. The molecule has 5 heteroatoms. The lowest BCUT2D eigenvalue weighted by atomic mass is 10.2. The second-order valence-corrected chi connectivity index (χ2v) is 5.50. The van der Waals surface area contributed by atoms with Crippen molar-refractivity contribution in [2.75, 3.05) is 6.54 Å². The monoisotopic (exact) mass is 355 g/mol. The van der Waals surface area contributed by atoms with Crippen molar-refractivity contribution in [1.29, 1.82) is 0 Å². The van der Waals surface area contributed by atoms with Gasteiger partial charge in [-0.05, 0) is 41.9 Å². The second-order valence-electron chi connectivity index (χ2n) is 4.59. The molecule has 2 aromatic carbocycles. The summed E-state index contributed by atoms with van der Waals surface area (Å²) in [5, 5.41) is 3.02. The van der Waals surface area contributed by atoms with E-state index in [4.69, 9.17) is 4.74 Å². The first kappa shape index (κ1) is 15.9. The average molecular weight is 356 g/mol. The lowest BCUT2D eigenvalue weighted by Gasteiger charge is -2.11. The van der Waals surface area contributed by atoms with E-state index in [1.807, 2.05) is 31.2 Å². The summed E-state index contributed by atoms with van der Waals surface area (Å²) in [6.45, 7) is 3.21. The zero-order valence-electron chi connectivity index (χ0n) is 11.6. The van der Waals surface area contributed by atoms with Gasteiger partial charge in [0.25, 0.3) is 0 Å². The van der Waals surface area contributed by atoms with Crippen molar-refractivity contribution in [2.45, 2.75) is 20.1 Å². The SMILES string of the molecule is CCNCc1cc(F)c(OCc2cccc(Br)c2)c(F)c1. The summed E-state index contributed by atoms with van der Waals surface area (Å²) in [6.07, 6.45) is 0. The van der Waals surface area contributed by atoms with E-state index in [-0.39, 0.29) is 12.4 Å². The van der Waals surface area contributed by atoms with E-state index in [1.165, 1.54) is 12.1 Å². The third-order valence-electron chi connectivity index (χ3n) is 2.91. The molecule has 0 spiro atoms. The molecular weight excluding hydrogens is 340 g/mol. The molecule has 0 radical (unpaired) electrons. The molecule has 21 heavy (non-hydrogen) atoms. The fraction of sp³-hybridized carbons (Fsp3) is 0.250. The highest BCUT2D eigenvalue weighted by molar-refractivity contribution is 9.10. The van der Waals surface area contributed by atoms with Gasteiger partial charge in [0.2, 0.25) is 0 Å². The Balaban J connectivity index is 2.09. The summed E-state index contributed by atoms with van der Waals surface area (Å²) in [5.74, 6) is -1.70. The maximum Gasteiger partial charge on any atom is 0.191 e. The Morgan fingerprint density at radius 3 is 2.43 bits per heavy atom. The number of halogens is 3. The van der Waals surface area contributed by atoms with Gasteiger partial charge in [0.05, 0.1) is 0 Å².